The Morgan fingerprint density at radius 1 is 1.22 bits per heavy atom. The number of esters is 1. The molecule has 3 rings (SSSR count). The molecule has 0 saturated carbocycles. The van der Waals surface area contributed by atoms with Gasteiger partial charge in [-0.15, -0.1) is 0 Å². The summed E-state index contributed by atoms with van der Waals surface area (Å²) in [5, 5.41) is 5.18. The Kier molecular flexibility index (Phi) is 7.68. The number of primary sulfonamides is 1. The molecular formula is C22H25F2NO6S. The molecule has 0 saturated heterocycles. The van der Waals surface area contributed by atoms with E-state index in [1.54, 1.807) is 37.3 Å². The van der Waals surface area contributed by atoms with Crippen LogP contribution in [0.15, 0.2) is 36.4 Å². The normalized spacial score (nSPS) is 15.0. The third kappa shape index (κ3) is 6.17. The number of benzene rings is 2. The molecule has 1 unspecified atom stereocenters. The fraction of sp³-hybridized carbons (Fsp3) is 0.409. The highest BCUT2D eigenvalue weighted by Gasteiger charge is 2.29. The molecule has 10 heteroatoms. The standard InChI is InChI=1S/C22H25F2NO6S/c1-2-29-20(26)9-4-3-6-17-16-12-14(13-32(25,27)28)10-11-15(16)21-18(30-17)7-5-8-19(21)31-22(23)24/h5,7-8,10-12,17,22H,2-4,6,9,13H2,1H3,(H2,25,27,28). The lowest BCUT2D eigenvalue weighted by molar-refractivity contribution is -0.143. The molecule has 174 valence electrons. The number of carbonyl (C=O) groups excluding carboxylic acids is 1. The maximum Gasteiger partial charge on any atom is 0.387 e. The second-order valence-corrected chi connectivity index (χ2v) is 9.01. The fourth-order valence-corrected chi connectivity index (χ4v) is 4.40. The van der Waals surface area contributed by atoms with Crippen LogP contribution in [-0.2, 0) is 25.3 Å². The maximum absolute atomic E-state index is 12.9. The molecule has 1 atom stereocenters. The smallest absolute Gasteiger partial charge is 0.387 e. The van der Waals surface area contributed by atoms with Crippen molar-refractivity contribution in [3.8, 4) is 22.6 Å². The van der Waals surface area contributed by atoms with E-state index in [4.69, 9.17) is 14.6 Å². The molecule has 0 aliphatic carbocycles. The Labute approximate surface area is 185 Å². The van der Waals surface area contributed by atoms with Gasteiger partial charge in [0.1, 0.15) is 17.6 Å². The molecule has 7 nitrogen and oxygen atoms in total. The topological polar surface area (TPSA) is 105 Å². The molecule has 2 N–H and O–H groups in total. The zero-order chi connectivity index (χ0) is 23.3. The summed E-state index contributed by atoms with van der Waals surface area (Å²) in [6, 6.07) is 9.58. The number of unbranched alkanes of at least 4 members (excludes halogenated alkanes) is 1. The van der Waals surface area contributed by atoms with Crippen LogP contribution in [0.5, 0.6) is 11.5 Å². The van der Waals surface area contributed by atoms with E-state index in [2.05, 4.69) is 4.74 Å². The van der Waals surface area contributed by atoms with Crippen LogP contribution < -0.4 is 14.6 Å². The number of nitrogens with two attached hydrogens (primary N) is 1. The van der Waals surface area contributed by atoms with Gasteiger partial charge in [-0.2, -0.15) is 8.78 Å². The molecule has 2 aromatic carbocycles. The first kappa shape index (κ1) is 23.9. The van der Waals surface area contributed by atoms with E-state index in [1.807, 2.05) is 0 Å². The minimum atomic E-state index is -3.76. The van der Waals surface area contributed by atoms with Gasteiger partial charge in [0.15, 0.2) is 0 Å². The number of hydrogen-bond donors (Lipinski definition) is 1. The van der Waals surface area contributed by atoms with Crippen LogP contribution >= 0.6 is 0 Å². The fourth-order valence-electron chi connectivity index (χ4n) is 3.76. The number of fused-ring (bicyclic) bond motifs is 3. The number of alkyl halides is 2. The summed E-state index contributed by atoms with van der Waals surface area (Å²) in [5.41, 5.74) is 2.12. The monoisotopic (exact) mass is 469 g/mol. The van der Waals surface area contributed by atoms with E-state index >= 15 is 0 Å². The first-order valence-electron chi connectivity index (χ1n) is 10.2. The Morgan fingerprint density at radius 2 is 2.00 bits per heavy atom. The number of halogens is 2. The first-order chi connectivity index (χ1) is 15.2. The Bertz CT molecular complexity index is 1070. The van der Waals surface area contributed by atoms with Gasteiger partial charge in [0.25, 0.3) is 0 Å². The number of ether oxygens (including phenoxy) is 3. The predicted molar refractivity (Wildman–Crippen MR) is 114 cm³/mol. The number of rotatable bonds is 10. The summed E-state index contributed by atoms with van der Waals surface area (Å²) in [6.45, 7) is -0.940. The van der Waals surface area contributed by atoms with Gasteiger partial charge < -0.3 is 14.2 Å². The van der Waals surface area contributed by atoms with Crippen molar-refractivity contribution in [2.75, 3.05) is 6.61 Å². The highest BCUT2D eigenvalue weighted by Crippen LogP contribution is 2.49. The Hall–Kier alpha value is -2.72. The number of carbonyl (C=O) groups is 1. The molecule has 0 amide bonds. The zero-order valence-electron chi connectivity index (χ0n) is 17.6. The van der Waals surface area contributed by atoms with Crippen molar-refractivity contribution in [3.63, 3.8) is 0 Å². The third-order valence-electron chi connectivity index (χ3n) is 4.98. The highest BCUT2D eigenvalue weighted by atomic mass is 32.2. The van der Waals surface area contributed by atoms with Crippen LogP contribution in [0, 0.1) is 0 Å². The van der Waals surface area contributed by atoms with Crippen LogP contribution in [0.25, 0.3) is 11.1 Å². The van der Waals surface area contributed by atoms with Crippen molar-refractivity contribution in [2.45, 2.75) is 51.1 Å². The summed E-state index contributed by atoms with van der Waals surface area (Å²) in [6.07, 6.45) is 1.59. The van der Waals surface area contributed by atoms with E-state index in [0.717, 1.165) is 0 Å². The van der Waals surface area contributed by atoms with Crippen molar-refractivity contribution in [1.82, 2.24) is 0 Å². The van der Waals surface area contributed by atoms with Crippen LogP contribution in [-0.4, -0.2) is 27.6 Å². The van der Waals surface area contributed by atoms with Gasteiger partial charge in [-0.05, 0) is 49.4 Å². The molecule has 0 aromatic heterocycles. The molecule has 0 bridgehead atoms. The SMILES string of the molecule is CCOC(=O)CCCCC1Oc2cccc(OC(F)F)c2-c2ccc(CS(N)(=O)=O)cc21. The molecule has 2 aromatic rings. The van der Waals surface area contributed by atoms with Gasteiger partial charge >= 0.3 is 12.6 Å². The van der Waals surface area contributed by atoms with Gasteiger partial charge in [0, 0.05) is 12.0 Å². The summed E-state index contributed by atoms with van der Waals surface area (Å²) in [4.78, 5) is 11.6. The lowest BCUT2D eigenvalue weighted by Gasteiger charge is -2.30. The molecular weight excluding hydrogens is 444 g/mol. The molecule has 1 heterocycles. The Balaban J connectivity index is 1.91. The van der Waals surface area contributed by atoms with E-state index in [0.29, 0.717) is 53.9 Å². The first-order valence-corrected chi connectivity index (χ1v) is 11.9. The van der Waals surface area contributed by atoms with Crippen LogP contribution in [0.3, 0.4) is 0 Å². The molecule has 0 fully saturated rings. The van der Waals surface area contributed by atoms with Crippen LogP contribution in [0.2, 0.25) is 0 Å². The van der Waals surface area contributed by atoms with E-state index < -0.39 is 22.7 Å². The second-order valence-electron chi connectivity index (χ2n) is 7.39. The van der Waals surface area contributed by atoms with Crippen LogP contribution in [0.1, 0.15) is 49.8 Å². The van der Waals surface area contributed by atoms with Crippen LogP contribution in [0.4, 0.5) is 8.78 Å². The predicted octanol–water partition coefficient (Wildman–Crippen LogP) is 4.30. The summed E-state index contributed by atoms with van der Waals surface area (Å²) in [5.74, 6) is -0.270. The number of sulfonamides is 1. The van der Waals surface area contributed by atoms with E-state index in [1.165, 1.54) is 6.07 Å². The van der Waals surface area contributed by atoms with Crippen molar-refractivity contribution < 1.29 is 36.2 Å². The molecule has 0 radical (unpaired) electrons. The summed E-state index contributed by atoms with van der Waals surface area (Å²) < 4.78 is 64.7. The van der Waals surface area contributed by atoms with Crippen molar-refractivity contribution in [2.24, 2.45) is 5.14 Å². The minimum Gasteiger partial charge on any atom is -0.485 e. The van der Waals surface area contributed by atoms with Gasteiger partial charge in [-0.3, -0.25) is 4.79 Å². The second kappa shape index (κ2) is 10.3. The van der Waals surface area contributed by atoms with Crippen molar-refractivity contribution >= 4 is 16.0 Å². The third-order valence-corrected chi connectivity index (χ3v) is 5.71. The Morgan fingerprint density at radius 3 is 2.69 bits per heavy atom. The maximum atomic E-state index is 12.9. The lowest BCUT2D eigenvalue weighted by Crippen LogP contribution is -2.18. The molecule has 32 heavy (non-hydrogen) atoms. The highest BCUT2D eigenvalue weighted by molar-refractivity contribution is 7.88. The van der Waals surface area contributed by atoms with Crippen molar-refractivity contribution in [3.05, 3.63) is 47.5 Å². The van der Waals surface area contributed by atoms with E-state index in [-0.39, 0.29) is 23.9 Å². The van der Waals surface area contributed by atoms with Gasteiger partial charge in [0.2, 0.25) is 10.0 Å². The van der Waals surface area contributed by atoms with E-state index in [9.17, 15) is 22.0 Å². The average Bonchev–Trinajstić information content (AvgIpc) is 2.69. The number of hydrogen-bond acceptors (Lipinski definition) is 6. The molecule has 1 aliphatic heterocycles. The molecule has 0 spiro atoms. The average molecular weight is 470 g/mol. The van der Waals surface area contributed by atoms with Crippen molar-refractivity contribution in [1.29, 1.82) is 0 Å². The van der Waals surface area contributed by atoms with Gasteiger partial charge in [0.05, 0.1) is 17.9 Å². The summed E-state index contributed by atoms with van der Waals surface area (Å²) in [7, 11) is -3.76. The largest absolute Gasteiger partial charge is 0.485 e. The zero-order valence-corrected chi connectivity index (χ0v) is 18.4. The summed E-state index contributed by atoms with van der Waals surface area (Å²) >= 11 is 0. The minimum absolute atomic E-state index is 0.0290. The van der Waals surface area contributed by atoms with Gasteiger partial charge in [-0.25, -0.2) is 13.6 Å². The molecule has 1 aliphatic rings. The van der Waals surface area contributed by atoms with Gasteiger partial charge in [-0.1, -0.05) is 24.3 Å². The lowest BCUT2D eigenvalue weighted by atomic mass is 9.89. The quantitative estimate of drug-likeness (QED) is 0.411.